The maximum Gasteiger partial charge on any atom is 0.186 e. The van der Waals surface area contributed by atoms with Crippen LogP contribution in [-0.4, -0.2) is 173 Å². The molecule has 41 heavy (non-hydrogen) atoms. The van der Waals surface area contributed by atoms with E-state index in [9.17, 15) is 35.7 Å². The Morgan fingerprint density at radius 2 is 1.63 bits per heavy atom. The fourth-order valence-electron chi connectivity index (χ4n) is 6.25. The molecule has 0 amide bonds. The van der Waals surface area contributed by atoms with Crippen LogP contribution < -0.4 is 38.9 Å². The number of hydrogen-bond acceptors (Lipinski definition) is 17. The van der Waals surface area contributed by atoms with Crippen LogP contribution in [0.4, 0.5) is 0 Å². The van der Waals surface area contributed by atoms with Gasteiger partial charge in [-0.25, -0.2) is 0 Å². The Bertz CT molecular complexity index is 819. The normalized spacial score (nSPS) is 48.5. The first-order valence-electron chi connectivity index (χ1n) is 14.3. The molecule has 1 saturated carbocycles. The van der Waals surface area contributed by atoms with Crippen molar-refractivity contribution in [3.05, 3.63) is 0 Å². The lowest BCUT2D eigenvalue weighted by Gasteiger charge is -2.53. The lowest BCUT2D eigenvalue weighted by atomic mass is 9.71. The minimum atomic E-state index is -1.51. The van der Waals surface area contributed by atoms with Gasteiger partial charge >= 0.3 is 0 Å². The van der Waals surface area contributed by atoms with Crippen molar-refractivity contribution in [2.45, 2.75) is 104 Å². The molecule has 17 heteroatoms. The van der Waals surface area contributed by atoms with Gasteiger partial charge in [-0.05, 0) is 6.42 Å². The molecule has 17 nitrogen and oxygen atoms in total. The first-order valence-corrected chi connectivity index (χ1v) is 14.3. The van der Waals surface area contributed by atoms with E-state index < -0.39 is 104 Å². The van der Waals surface area contributed by atoms with Gasteiger partial charge in [-0.3, -0.25) is 0 Å². The number of nitrogens with one attached hydrogen (secondary N) is 3. The molecule has 0 aromatic carbocycles. The molecule has 0 aromatic rings. The van der Waals surface area contributed by atoms with Crippen molar-refractivity contribution < 1.29 is 50.0 Å². The zero-order valence-electron chi connectivity index (χ0n) is 22.9. The third-order valence-electron chi connectivity index (χ3n) is 8.87. The summed E-state index contributed by atoms with van der Waals surface area (Å²) in [5, 5.41) is 83.9. The summed E-state index contributed by atoms with van der Waals surface area (Å²) in [4.78, 5) is 0. The first kappa shape index (κ1) is 33.2. The van der Waals surface area contributed by atoms with E-state index in [1.807, 2.05) is 0 Å². The first-order chi connectivity index (χ1) is 19.5. The van der Waals surface area contributed by atoms with E-state index in [1.54, 1.807) is 0 Å². The van der Waals surface area contributed by atoms with Crippen molar-refractivity contribution >= 4 is 0 Å². The average molecular weight is 596 g/mol. The lowest BCUT2D eigenvalue weighted by Crippen LogP contribution is -2.74. The third-order valence-corrected chi connectivity index (χ3v) is 8.87. The molecule has 16 unspecified atom stereocenters. The van der Waals surface area contributed by atoms with Crippen LogP contribution in [0.1, 0.15) is 6.42 Å². The number of ether oxygens (including phenoxy) is 3. The molecule has 240 valence electrons. The maximum absolute atomic E-state index is 11.8. The molecular formula is C24H49N7O10. The quantitative estimate of drug-likeness (QED) is 0.105. The van der Waals surface area contributed by atoms with Gasteiger partial charge in [0.25, 0.3) is 0 Å². The zero-order chi connectivity index (χ0) is 30.0. The van der Waals surface area contributed by atoms with Crippen LogP contribution in [0.25, 0.3) is 0 Å². The highest BCUT2D eigenvalue weighted by molar-refractivity contribution is 5.09. The smallest absolute Gasteiger partial charge is 0.186 e. The van der Waals surface area contributed by atoms with Crippen molar-refractivity contribution in [2.24, 2.45) is 28.9 Å². The SMILES string of the molecule is NCC(O)CNC1CC(N)C(C2OC(CN)C(O)C(O)C2NC2CNC2)C(O)C1OC1OC(CO)C(O)C(N)C1O. The predicted molar refractivity (Wildman–Crippen MR) is 143 cm³/mol. The van der Waals surface area contributed by atoms with Crippen LogP contribution in [0.2, 0.25) is 0 Å². The van der Waals surface area contributed by atoms with Gasteiger partial charge in [-0.15, -0.1) is 0 Å². The van der Waals surface area contributed by atoms with E-state index in [2.05, 4.69) is 16.0 Å². The summed E-state index contributed by atoms with van der Waals surface area (Å²) in [5.74, 6) is -0.854. The van der Waals surface area contributed by atoms with Gasteiger partial charge in [0.05, 0.1) is 43.1 Å². The lowest BCUT2D eigenvalue weighted by molar-refractivity contribution is -0.308. The Morgan fingerprint density at radius 3 is 2.22 bits per heavy atom. The summed E-state index contributed by atoms with van der Waals surface area (Å²) in [6, 6.07) is -3.40. The molecule has 3 aliphatic heterocycles. The van der Waals surface area contributed by atoms with Crippen LogP contribution in [0, 0.1) is 5.92 Å². The fraction of sp³-hybridized carbons (Fsp3) is 1.00. The molecule has 0 bridgehead atoms. The Kier molecular flexibility index (Phi) is 11.7. The Hall–Kier alpha value is -0.680. The second-order valence-corrected chi connectivity index (χ2v) is 11.7. The highest BCUT2D eigenvalue weighted by Crippen LogP contribution is 2.37. The summed E-state index contributed by atoms with van der Waals surface area (Å²) in [6.45, 7) is 0.639. The van der Waals surface area contributed by atoms with Crippen LogP contribution in [0.15, 0.2) is 0 Å². The standard InChI is InChI=1S/C24H49N7O10/c25-2-9(33)6-30-11-1-10(27)14(19(36)22(11)41-24-20(37)15(28)17(34)13(7-32)40-24)23-16(31-8-4-29-5-8)21(38)18(35)12(3-26)39-23/h8-24,29-38H,1-7,25-28H2. The number of nitrogens with two attached hydrogens (primary N) is 4. The second-order valence-electron chi connectivity index (χ2n) is 11.7. The molecule has 0 spiro atoms. The van der Waals surface area contributed by atoms with Gasteiger partial charge in [0.2, 0.25) is 0 Å². The monoisotopic (exact) mass is 595 g/mol. The van der Waals surface area contributed by atoms with Gasteiger partial charge in [-0.2, -0.15) is 0 Å². The van der Waals surface area contributed by atoms with Crippen LogP contribution in [0.5, 0.6) is 0 Å². The van der Waals surface area contributed by atoms with Gasteiger partial charge in [0.15, 0.2) is 6.29 Å². The highest BCUT2D eigenvalue weighted by atomic mass is 16.7. The molecule has 4 aliphatic rings. The number of aliphatic hydroxyl groups is 7. The number of aliphatic hydroxyl groups excluding tert-OH is 7. The van der Waals surface area contributed by atoms with Crippen LogP contribution in [-0.2, 0) is 14.2 Å². The Balaban J connectivity index is 1.62. The summed E-state index contributed by atoms with van der Waals surface area (Å²) >= 11 is 0. The minimum absolute atomic E-state index is 0.00679. The van der Waals surface area contributed by atoms with Gasteiger partial charge in [0, 0.05) is 56.8 Å². The second kappa shape index (κ2) is 14.4. The fourth-order valence-corrected chi connectivity index (χ4v) is 6.25. The van der Waals surface area contributed by atoms with Crippen molar-refractivity contribution in [1.82, 2.24) is 16.0 Å². The van der Waals surface area contributed by atoms with Crippen LogP contribution >= 0.6 is 0 Å². The maximum atomic E-state index is 11.8. The van der Waals surface area contributed by atoms with E-state index in [-0.39, 0.29) is 32.1 Å². The number of hydrogen-bond donors (Lipinski definition) is 14. The average Bonchev–Trinajstić information content (AvgIpc) is 2.93. The molecule has 16 atom stereocenters. The Labute approximate surface area is 238 Å². The van der Waals surface area contributed by atoms with Crippen molar-refractivity contribution in [3.8, 4) is 0 Å². The topological polar surface area (TPSA) is 309 Å². The summed E-state index contributed by atoms with van der Waals surface area (Å²) in [7, 11) is 0. The van der Waals surface area contributed by atoms with E-state index in [0.29, 0.717) is 13.1 Å². The highest BCUT2D eigenvalue weighted by Gasteiger charge is 2.56. The molecule has 0 radical (unpaired) electrons. The molecule has 3 saturated heterocycles. The van der Waals surface area contributed by atoms with Gasteiger partial charge in [0.1, 0.15) is 36.6 Å². The van der Waals surface area contributed by atoms with E-state index in [1.165, 1.54) is 0 Å². The van der Waals surface area contributed by atoms with Crippen molar-refractivity contribution in [2.75, 3.05) is 39.3 Å². The molecular weight excluding hydrogens is 546 g/mol. The molecule has 4 rings (SSSR count). The van der Waals surface area contributed by atoms with E-state index in [0.717, 1.165) is 0 Å². The van der Waals surface area contributed by atoms with Gasteiger partial charge in [-0.1, -0.05) is 0 Å². The summed E-state index contributed by atoms with van der Waals surface area (Å²) < 4.78 is 17.9. The molecule has 18 N–H and O–H groups in total. The van der Waals surface area contributed by atoms with E-state index in [4.69, 9.17) is 37.1 Å². The number of rotatable bonds is 11. The molecule has 4 fully saturated rings. The largest absolute Gasteiger partial charge is 0.394 e. The molecule has 3 heterocycles. The van der Waals surface area contributed by atoms with Crippen molar-refractivity contribution in [3.63, 3.8) is 0 Å². The third kappa shape index (κ3) is 7.02. The van der Waals surface area contributed by atoms with Gasteiger partial charge < -0.3 is 88.8 Å². The predicted octanol–water partition coefficient (Wildman–Crippen LogP) is -8.50. The molecule has 1 aliphatic carbocycles. The van der Waals surface area contributed by atoms with Crippen molar-refractivity contribution in [1.29, 1.82) is 0 Å². The van der Waals surface area contributed by atoms with E-state index >= 15 is 0 Å². The van der Waals surface area contributed by atoms with Crippen LogP contribution in [0.3, 0.4) is 0 Å². The zero-order valence-corrected chi connectivity index (χ0v) is 22.9. The summed E-state index contributed by atoms with van der Waals surface area (Å²) in [5.41, 5.74) is 24.0. The minimum Gasteiger partial charge on any atom is -0.394 e. The Morgan fingerprint density at radius 1 is 0.927 bits per heavy atom. The molecule has 0 aromatic heterocycles. The summed E-state index contributed by atoms with van der Waals surface area (Å²) in [6.07, 6.45) is -13.0.